The molecular weight excluding hydrogens is 656 g/mol. The molecule has 0 bridgehead atoms. The lowest BCUT2D eigenvalue weighted by atomic mass is 10.1. The number of halogens is 2. The van der Waals surface area contributed by atoms with E-state index >= 15 is 4.39 Å². The Balaban J connectivity index is 1.29. The standard InChI is InChI=1S/C35H29F2N5O6S/c1-4-47-30-16-18-41(25-11-8-23(36)9-12-25)35(44)32(30)34(43)39-24-10-13-29(28(37)21-24)48-31-14-17-38-42-19-15-27(33(31)42)22-6-5-7-26(20-22)49(45,46)40(2)3/h5-21H,4H2,1-3H3,(H,39,43). The zero-order chi connectivity index (χ0) is 34.9. The Morgan fingerprint density at radius 2 is 1.69 bits per heavy atom. The predicted molar refractivity (Wildman–Crippen MR) is 179 cm³/mol. The molecule has 3 heterocycles. The van der Waals surface area contributed by atoms with Crippen molar-refractivity contribution in [3.63, 3.8) is 0 Å². The van der Waals surface area contributed by atoms with Crippen molar-refractivity contribution in [2.24, 2.45) is 0 Å². The third-order valence-electron chi connectivity index (χ3n) is 7.54. The summed E-state index contributed by atoms with van der Waals surface area (Å²) >= 11 is 0. The van der Waals surface area contributed by atoms with Crippen molar-refractivity contribution >= 4 is 27.1 Å². The summed E-state index contributed by atoms with van der Waals surface area (Å²) in [6.45, 7) is 1.87. The Morgan fingerprint density at radius 1 is 0.918 bits per heavy atom. The fourth-order valence-corrected chi connectivity index (χ4v) is 6.10. The Labute approximate surface area is 279 Å². The first kappa shape index (κ1) is 33.1. The van der Waals surface area contributed by atoms with Gasteiger partial charge in [-0.15, -0.1) is 0 Å². The van der Waals surface area contributed by atoms with Crippen LogP contribution >= 0.6 is 0 Å². The minimum absolute atomic E-state index is 0.0262. The van der Waals surface area contributed by atoms with Crippen molar-refractivity contribution in [1.29, 1.82) is 0 Å². The van der Waals surface area contributed by atoms with Crippen molar-refractivity contribution in [1.82, 2.24) is 18.5 Å². The quantitative estimate of drug-likeness (QED) is 0.184. The average molecular weight is 686 g/mol. The summed E-state index contributed by atoms with van der Waals surface area (Å²) in [6.07, 6.45) is 4.56. The lowest BCUT2D eigenvalue weighted by Gasteiger charge is -2.14. The topological polar surface area (TPSA) is 124 Å². The number of pyridine rings is 1. The molecule has 0 fully saturated rings. The number of amides is 1. The molecule has 3 aromatic carbocycles. The maximum atomic E-state index is 15.5. The first-order chi connectivity index (χ1) is 23.5. The van der Waals surface area contributed by atoms with Gasteiger partial charge in [-0.3, -0.25) is 14.2 Å². The summed E-state index contributed by atoms with van der Waals surface area (Å²) in [5.74, 6) is -2.06. The van der Waals surface area contributed by atoms with Gasteiger partial charge in [0, 0.05) is 55.6 Å². The summed E-state index contributed by atoms with van der Waals surface area (Å²) in [5.41, 5.74) is 0.968. The molecule has 0 radical (unpaired) electrons. The van der Waals surface area contributed by atoms with Crippen molar-refractivity contribution in [2.45, 2.75) is 11.8 Å². The molecule has 0 aliphatic heterocycles. The fourth-order valence-electron chi connectivity index (χ4n) is 5.15. The number of nitrogens with one attached hydrogen (secondary N) is 1. The Hall–Kier alpha value is -5.86. The van der Waals surface area contributed by atoms with Crippen LogP contribution in [0.25, 0.3) is 22.3 Å². The molecule has 3 aromatic heterocycles. The highest BCUT2D eigenvalue weighted by atomic mass is 32.2. The normalized spacial score (nSPS) is 11.6. The summed E-state index contributed by atoms with van der Waals surface area (Å²) in [7, 11) is -0.806. The highest BCUT2D eigenvalue weighted by molar-refractivity contribution is 7.89. The number of carbonyl (C=O) groups is 1. The third kappa shape index (κ3) is 6.51. The first-order valence-electron chi connectivity index (χ1n) is 14.9. The number of hydrogen-bond acceptors (Lipinski definition) is 7. The molecule has 0 saturated heterocycles. The number of sulfonamides is 1. The molecule has 0 unspecified atom stereocenters. The molecule has 14 heteroatoms. The van der Waals surface area contributed by atoms with Gasteiger partial charge in [-0.1, -0.05) is 12.1 Å². The van der Waals surface area contributed by atoms with Crippen molar-refractivity contribution < 1.29 is 31.5 Å². The van der Waals surface area contributed by atoms with Gasteiger partial charge in [0.1, 0.15) is 22.6 Å². The summed E-state index contributed by atoms with van der Waals surface area (Å²) in [6, 6.07) is 20.1. The zero-order valence-corrected chi connectivity index (χ0v) is 27.2. The second-order valence-corrected chi connectivity index (χ2v) is 13.0. The van der Waals surface area contributed by atoms with E-state index in [2.05, 4.69) is 10.4 Å². The van der Waals surface area contributed by atoms with Gasteiger partial charge < -0.3 is 14.8 Å². The van der Waals surface area contributed by atoms with Crippen molar-refractivity contribution in [2.75, 3.05) is 26.0 Å². The van der Waals surface area contributed by atoms with Crippen LogP contribution in [0.1, 0.15) is 17.3 Å². The molecule has 0 spiro atoms. The zero-order valence-electron chi connectivity index (χ0n) is 26.4. The predicted octanol–water partition coefficient (Wildman–Crippen LogP) is 6.12. The molecule has 49 heavy (non-hydrogen) atoms. The van der Waals surface area contributed by atoms with Crippen LogP contribution in [0.4, 0.5) is 14.5 Å². The van der Waals surface area contributed by atoms with Gasteiger partial charge in [0.25, 0.3) is 11.5 Å². The maximum absolute atomic E-state index is 15.5. The molecule has 6 rings (SSSR count). The summed E-state index contributed by atoms with van der Waals surface area (Å²) in [5, 5.41) is 6.84. The lowest BCUT2D eigenvalue weighted by molar-refractivity contribution is 0.102. The van der Waals surface area contributed by atoms with E-state index in [1.807, 2.05) is 0 Å². The average Bonchev–Trinajstić information content (AvgIpc) is 3.52. The number of benzene rings is 3. The second-order valence-electron chi connectivity index (χ2n) is 10.9. The van der Waals surface area contributed by atoms with E-state index in [9.17, 15) is 22.4 Å². The van der Waals surface area contributed by atoms with Gasteiger partial charge >= 0.3 is 0 Å². The molecule has 1 N–H and O–H groups in total. The van der Waals surface area contributed by atoms with Crippen LogP contribution in [-0.2, 0) is 10.0 Å². The van der Waals surface area contributed by atoms with Crippen LogP contribution in [0.5, 0.6) is 17.2 Å². The van der Waals surface area contributed by atoms with E-state index in [0.29, 0.717) is 22.3 Å². The molecule has 6 aromatic rings. The number of nitrogens with zero attached hydrogens (tertiary/aromatic N) is 4. The van der Waals surface area contributed by atoms with Crippen LogP contribution < -0.4 is 20.3 Å². The van der Waals surface area contributed by atoms with Crippen LogP contribution in [0.15, 0.2) is 113 Å². The Kier molecular flexibility index (Phi) is 8.99. The number of ether oxygens (including phenoxy) is 2. The molecule has 0 atom stereocenters. The van der Waals surface area contributed by atoms with Crippen LogP contribution in [0.2, 0.25) is 0 Å². The molecule has 11 nitrogen and oxygen atoms in total. The highest BCUT2D eigenvalue weighted by Gasteiger charge is 2.22. The van der Waals surface area contributed by atoms with Gasteiger partial charge in [-0.25, -0.2) is 26.0 Å². The van der Waals surface area contributed by atoms with Crippen LogP contribution in [-0.4, -0.2) is 53.5 Å². The number of hydrogen-bond donors (Lipinski definition) is 1. The largest absolute Gasteiger partial charge is 0.493 e. The van der Waals surface area contributed by atoms with E-state index < -0.39 is 33.1 Å². The van der Waals surface area contributed by atoms with E-state index in [1.54, 1.807) is 37.4 Å². The van der Waals surface area contributed by atoms with Crippen molar-refractivity contribution in [3.05, 3.63) is 131 Å². The second kappa shape index (κ2) is 13.3. The lowest BCUT2D eigenvalue weighted by Crippen LogP contribution is -2.29. The van der Waals surface area contributed by atoms with E-state index in [4.69, 9.17) is 9.47 Å². The number of fused-ring (bicyclic) bond motifs is 1. The van der Waals surface area contributed by atoms with E-state index in [-0.39, 0.29) is 40.0 Å². The van der Waals surface area contributed by atoms with Crippen LogP contribution in [0.3, 0.4) is 0 Å². The fraction of sp³-hybridized carbons (Fsp3) is 0.114. The Morgan fingerprint density at radius 3 is 2.41 bits per heavy atom. The molecular formula is C35H29F2N5O6S. The van der Waals surface area contributed by atoms with Crippen LogP contribution in [0, 0.1) is 11.6 Å². The molecule has 250 valence electrons. The monoisotopic (exact) mass is 685 g/mol. The summed E-state index contributed by atoms with van der Waals surface area (Å²) in [4.78, 5) is 26.9. The number of carbonyl (C=O) groups excluding carboxylic acids is 1. The van der Waals surface area contributed by atoms with E-state index in [0.717, 1.165) is 10.4 Å². The molecule has 1 amide bonds. The summed E-state index contributed by atoms with van der Waals surface area (Å²) < 4.78 is 69.9. The number of aromatic nitrogens is 3. The number of rotatable bonds is 10. The van der Waals surface area contributed by atoms with Gasteiger partial charge in [0.2, 0.25) is 10.0 Å². The van der Waals surface area contributed by atoms with Gasteiger partial charge in [-0.2, -0.15) is 5.10 Å². The van der Waals surface area contributed by atoms with E-state index in [1.165, 1.54) is 90.2 Å². The Bertz CT molecular complexity index is 2370. The van der Waals surface area contributed by atoms with Crippen molar-refractivity contribution in [3.8, 4) is 34.1 Å². The van der Waals surface area contributed by atoms with Gasteiger partial charge in [0.15, 0.2) is 17.3 Å². The SMILES string of the molecule is CCOc1ccn(-c2ccc(F)cc2)c(=O)c1C(=O)Nc1ccc(Oc2ccnn3ccc(-c4cccc(S(=O)(=O)N(C)C)c4)c23)c(F)c1. The number of anilines is 1. The molecule has 0 saturated carbocycles. The minimum atomic E-state index is -3.70. The smallest absolute Gasteiger partial charge is 0.271 e. The maximum Gasteiger partial charge on any atom is 0.271 e. The van der Waals surface area contributed by atoms with Gasteiger partial charge in [-0.05, 0) is 73.2 Å². The highest BCUT2D eigenvalue weighted by Crippen LogP contribution is 2.36. The minimum Gasteiger partial charge on any atom is -0.493 e. The third-order valence-corrected chi connectivity index (χ3v) is 9.35. The molecule has 0 aliphatic carbocycles. The molecule has 0 aliphatic rings. The first-order valence-corrected chi connectivity index (χ1v) is 16.3. The van der Waals surface area contributed by atoms with Gasteiger partial charge in [0.05, 0.1) is 17.7 Å².